The molecule has 32 heavy (non-hydrogen) atoms. The molecule has 0 aliphatic carbocycles. The van der Waals surface area contributed by atoms with Crippen molar-refractivity contribution in [3.63, 3.8) is 0 Å². The van der Waals surface area contributed by atoms with Crippen molar-refractivity contribution in [3.05, 3.63) is 54.2 Å². The average molecular weight is 429 g/mol. The van der Waals surface area contributed by atoms with Gasteiger partial charge < -0.3 is 25.7 Å². The summed E-state index contributed by atoms with van der Waals surface area (Å²) >= 11 is 0. The molecule has 0 radical (unpaired) electrons. The van der Waals surface area contributed by atoms with Crippen LogP contribution in [0.1, 0.15) is 10.4 Å². The number of benzene rings is 2. The van der Waals surface area contributed by atoms with Crippen LogP contribution in [0.2, 0.25) is 0 Å². The highest BCUT2D eigenvalue weighted by Crippen LogP contribution is 2.27. The Morgan fingerprint density at radius 1 is 1.09 bits per heavy atom. The minimum absolute atomic E-state index is 0.0415. The molecule has 1 aliphatic rings. The number of nitrogens with two attached hydrogens (primary N) is 1. The second kappa shape index (κ2) is 8.27. The van der Waals surface area contributed by atoms with E-state index in [1.165, 1.54) is 0 Å². The van der Waals surface area contributed by atoms with Gasteiger partial charge in [0.05, 0.1) is 30.0 Å². The number of hydrogen-bond acceptors (Lipinski definition) is 7. The number of nitrogen functional groups attached to an aromatic ring is 1. The summed E-state index contributed by atoms with van der Waals surface area (Å²) in [5.74, 6) is 1.59. The molecule has 1 aliphatic heterocycles. The van der Waals surface area contributed by atoms with Crippen LogP contribution in [0.5, 0.6) is 5.75 Å². The van der Waals surface area contributed by atoms with E-state index in [2.05, 4.69) is 20.3 Å². The summed E-state index contributed by atoms with van der Waals surface area (Å²) in [6, 6.07) is 13.0. The average Bonchev–Trinajstić information content (AvgIpc) is 3.27. The van der Waals surface area contributed by atoms with E-state index in [4.69, 9.17) is 15.5 Å². The topological polar surface area (TPSA) is 122 Å². The number of amides is 1. The standard InChI is InChI=1S/C23H23N7O2/c1-32-16-6-7-17-18(12-16)29-22(28-17)20-21(24)26-13-19(27-20)14-2-4-15(5-3-14)23(31)30-10-8-25-9-11-30/h2-7,12-13,25H,8-11H2,1H3,(H2,24,26)(H,28,29). The molecule has 4 aromatic rings. The number of methoxy groups -OCH3 is 1. The van der Waals surface area contributed by atoms with E-state index >= 15 is 0 Å². The van der Waals surface area contributed by atoms with Crippen LogP contribution in [0.4, 0.5) is 5.82 Å². The first-order valence-corrected chi connectivity index (χ1v) is 10.4. The molecule has 3 heterocycles. The Morgan fingerprint density at radius 2 is 1.88 bits per heavy atom. The van der Waals surface area contributed by atoms with Crippen molar-refractivity contribution in [1.29, 1.82) is 0 Å². The number of imidazole rings is 1. The number of rotatable bonds is 4. The summed E-state index contributed by atoms with van der Waals surface area (Å²) in [5, 5.41) is 3.26. The van der Waals surface area contributed by atoms with E-state index < -0.39 is 0 Å². The van der Waals surface area contributed by atoms with E-state index in [9.17, 15) is 4.79 Å². The fourth-order valence-corrected chi connectivity index (χ4v) is 3.77. The predicted molar refractivity (Wildman–Crippen MR) is 122 cm³/mol. The first-order chi connectivity index (χ1) is 15.6. The zero-order valence-electron chi connectivity index (χ0n) is 17.6. The lowest BCUT2D eigenvalue weighted by molar-refractivity contribution is 0.0736. The first-order valence-electron chi connectivity index (χ1n) is 10.4. The number of carbonyl (C=O) groups excluding carboxylic acids is 1. The Labute approximate surface area is 184 Å². The third kappa shape index (κ3) is 3.74. The highest BCUT2D eigenvalue weighted by atomic mass is 16.5. The van der Waals surface area contributed by atoms with Gasteiger partial charge in [-0.15, -0.1) is 0 Å². The zero-order valence-corrected chi connectivity index (χ0v) is 17.6. The summed E-state index contributed by atoms with van der Waals surface area (Å²) in [4.78, 5) is 31.4. The van der Waals surface area contributed by atoms with Gasteiger partial charge in [0, 0.05) is 43.4 Å². The number of ether oxygens (including phenoxy) is 1. The third-order valence-electron chi connectivity index (χ3n) is 5.55. The van der Waals surface area contributed by atoms with Gasteiger partial charge in [-0.25, -0.2) is 15.0 Å². The molecule has 0 atom stereocenters. The molecule has 5 rings (SSSR count). The summed E-state index contributed by atoms with van der Waals surface area (Å²) < 4.78 is 5.27. The van der Waals surface area contributed by atoms with Crippen molar-refractivity contribution in [3.8, 4) is 28.5 Å². The Balaban J connectivity index is 1.44. The Kier molecular flexibility index (Phi) is 5.16. The Hall–Kier alpha value is -3.98. The maximum absolute atomic E-state index is 12.7. The molecule has 0 unspecified atom stereocenters. The molecule has 9 heteroatoms. The van der Waals surface area contributed by atoms with Gasteiger partial charge in [0.25, 0.3) is 5.91 Å². The SMILES string of the molecule is COc1ccc2nc(-c3nc(-c4ccc(C(=O)N5CCNCC5)cc4)cnc3N)[nH]c2c1. The second-order valence-electron chi connectivity index (χ2n) is 7.58. The predicted octanol–water partition coefficient (Wildman–Crippen LogP) is 2.32. The lowest BCUT2D eigenvalue weighted by Gasteiger charge is -2.27. The molecule has 4 N–H and O–H groups in total. The molecule has 9 nitrogen and oxygen atoms in total. The zero-order chi connectivity index (χ0) is 22.1. The summed E-state index contributed by atoms with van der Waals surface area (Å²) in [7, 11) is 1.62. The highest BCUT2D eigenvalue weighted by molar-refractivity contribution is 5.94. The number of piperazine rings is 1. The van der Waals surface area contributed by atoms with Crippen LogP contribution in [0.15, 0.2) is 48.7 Å². The van der Waals surface area contributed by atoms with Gasteiger partial charge in [0.1, 0.15) is 11.4 Å². The third-order valence-corrected chi connectivity index (χ3v) is 5.55. The quantitative estimate of drug-likeness (QED) is 0.455. The van der Waals surface area contributed by atoms with E-state index in [1.54, 1.807) is 13.3 Å². The van der Waals surface area contributed by atoms with Crippen molar-refractivity contribution in [1.82, 2.24) is 30.2 Å². The lowest BCUT2D eigenvalue weighted by Crippen LogP contribution is -2.46. The number of aromatic nitrogens is 4. The number of nitrogens with zero attached hydrogens (tertiary/aromatic N) is 4. The van der Waals surface area contributed by atoms with Crippen molar-refractivity contribution in [2.45, 2.75) is 0 Å². The molecule has 0 bridgehead atoms. The van der Waals surface area contributed by atoms with E-state index in [0.717, 1.165) is 48.5 Å². The van der Waals surface area contributed by atoms with E-state index in [-0.39, 0.29) is 11.7 Å². The molecule has 1 amide bonds. The summed E-state index contributed by atoms with van der Waals surface area (Å²) in [6.07, 6.45) is 1.62. The number of hydrogen-bond donors (Lipinski definition) is 3. The van der Waals surface area contributed by atoms with Gasteiger partial charge in [0.15, 0.2) is 11.6 Å². The molecule has 0 saturated carbocycles. The van der Waals surface area contributed by atoms with Crippen LogP contribution in [0.25, 0.3) is 33.8 Å². The fraction of sp³-hybridized carbons (Fsp3) is 0.217. The maximum Gasteiger partial charge on any atom is 0.253 e. The highest BCUT2D eigenvalue weighted by Gasteiger charge is 2.18. The van der Waals surface area contributed by atoms with Crippen LogP contribution in [-0.4, -0.2) is 64.0 Å². The summed E-state index contributed by atoms with van der Waals surface area (Å²) in [5.41, 5.74) is 10.3. The van der Waals surface area contributed by atoms with Crippen molar-refractivity contribution < 1.29 is 9.53 Å². The van der Waals surface area contributed by atoms with Crippen LogP contribution >= 0.6 is 0 Å². The monoisotopic (exact) mass is 429 g/mol. The summed E-state index contributed by atoms with van der Waals surface area (Å²) in [6.45, 7) is 3.08. The van der Waals surface area contributed by atoms with Crippen molar-refractivity contribution >= 4 is 22.8 Å². The normalized spacial score (nSPS) is 14.0. The number of H-pyrrole nitrogens is 1. The maximum atomic E-state index is 12.7. The number of fused-ring (bicyclic) bond motifs is 1. The van der Waals surface area contributed by atoms with Gasteiger partial charge in [-0.1, -0.05) is 12.1 Å². The van der Waals surface area contributed by atoms with Crippen molar-refractivity contribution in [2.24, 2.45) is 0 Å². The molecular formula is C23H23N7O2. The van der Waals surface area contributed by atoms with Gasteiger partial charge in [-0.2, -0.15) is 0 Å². The molecular weight excluding hydrogens is 406 g/mol. The molecule has 2 aromatic carbocycles. The largest absolute Gasteiger partial charge is 0.497 e. The van der Waals surface area contributed by atoms with E-state index in [0.29, 0.717) is 22.8 Å². The molecule has 162 valence electrons. The number of aromatic amines is 1. The van der Waals surface area contributed by atoms with Crippen LogP contribution in [-0.2, 0) is 0 Å². The van der Waals surface area contributed by atoms with Crippen LogP contribution in [0, 0.1) is 0 Å². The van der Waals surface area contributed by atoms with Gasteiger partial charge >= 0.3 is 0 Å². The second-order valence-corrected chi connectivity index (χ2v) is 7.58. The van der Waals surface area contributed by atoms with Crippen LogP contribution in [0.3, 0.4) is 0 Å². The number of nitrogens with one attached hydrogen (secondary N) is 2. The molecule has 1 fully saturated rings. The smallest absolute Gasteiger partial charge is 0.253 e. The van der Waals surface area contributed by atoms with Gasteiger partial charge in [-0.05, 0) is 24.3 Å². The first kappa shape index (κ1) is 20.0. The minimum atomic E-state index is 0.0415. The van der Waals surface area contributed by atoms with Crippen molar-refractivity contribution in [2.75, 3.05) is 39.0 Å². The molecule has 1 saturated heterocycles. The Morgan fingerprint density at radius 3 is 2.62 bits per heavy atom. The molecule has 0 spiro atoms. The van der Waals surface area contributed by atoms with Gasteiger partial charge in [-0.3, -0.25) is 4.79 Å². The van der Waals surface area contributed by atoms with E-state index in [1.807, 2.05) is 47.4 Å². The fourth-order valence-electron chi connectivity index (χ4n) is 3.77. The van der Waals surface area contributed by atoms with Crippen LogP contribution < -0.4 is 15.8 Å². The Bertz CT molecular complexity index is 1280. The van der Waals surface area contributed by atoms with Gasteiger partial charge in [0.2, 0.25) is 0 Å². The minimum Gasteiger partial charge on any atom is -0.497 e. The number of carbonyl (C=O) groups is 1. The molecule has 2 aromatic heterocycles. The number of anilines is 1. The lowest BCUT2D eigenvalue weighted by atomic mass is 10.1.